The van der Waals surface area contributed by atoms with Gasteiger partial charge in [-0.05, 0) is 39.9 Å². The maximum atomic E-state index is 13.2. The molecule has 0 unspecified atom stereocenters. The van der Waals surface area contributed by atoms with Crippen molar-refractivity contribution in [1.82, 2.24) is 14.8 Å². The maximum Gasteiger partial charge on any atom is 0.259 e. The van der Waals surface area contributed by atoms with E-state index >= 15 is 0 Å². The van der Waals surface area contributed by atoms with Gasteiger partial charge in [0, 0.05) is 36.7 Å². The highest BCUT2D eigenvalue weighted by atomic mass is 16.5. The quantitative estimate of drug-likeness (QED) is 0.815. The van der Waals surface area contributed by atoms with Gasteiger partial charge in [0.2, 0.25) is 5.88 Å². The predicted molar refractivity (Wildman–Crippen MR) is 104 cm³/mol. The Morgan fingerprint density at radius 1 is 1.44 bits per heavy atom. The minimum absolute atomic E-state index is 0.0817. The van der Waals surface area contributed by atoms with Gasteiger partial charge in [0.15, 0.2) is 0 Å². The van der Waals surface area contributed by atoms with Gasteiger partial charge in [-0.1, -0.05) is 18.8 Å². The standard InChI is InChI=1S/C21H29N3O3/c1-14-11-24(15(2)13-25)21(26)18-9-17(8-7-16-5-6-16)10-22-20(18)27-19(14)12-23(3)4/h9-10,14-16,19,25H,5-6,11-13H2,1-4H3/t14-,15-,19+/m0/s1. The van der Waals surface area contributed by atoms with Crippen LogP contribution in [0.15, 0.2) is 12.3 Å². The SMILES string of the molecule is C[C@H]1CN([C@@H](C)CO)C(=O)c2cc(C#CC3CC3)cnc2O[C@@H]1CN(C)C. The van der Waals surface area contributed by atoms with E-state index in [1.807, 2.05) is 21.0 Å². The summed E-state index contributed by atoms with van der Waals surface area (Å²) < 4.78 is 6.17. The zero-order valence-electron chi connectivity index (χ0n) is 16.6. The largest absolute Gasteiger partial charge is 0.472 e. The molecule has 3 atom stereocenters. The molecule has 1 aromatic heterocycles. The lowest BCUT2D eigenvalue weighted by molar-refractivity contribution is 0.0348. The molecule has 2 aliphatic rings. The fourth-order valence-electron chi connectivity index (χ4n) is 3.16. The summed E-state index contributed by atoms with van der Waals surface area (Å²) in [7, 11) is 4.00. The van der Waals surface area contributed by atoms with E-state index in [1.54, 1.807) is 17.2 Å². The average Bonchev–Trinajstić information content (AvgIpc) is 3.46. The van der Waals surface area contributed by atoms with Crippen molar-refractivity contribution in [3.63, 3.8) is 0 Å². The van der Waals surface area contributed by atoms with E-state index < -0.39 is 0 Å². The topological polar surface area (TPSA) is 65.9 Å². The molecule has 0 spiro atoms. The Balaban J connectivity index is 1.98. The maximum absolute atomic E-state index is 13.2. The highest BCUT2D eigenvalue weighted by Gasteiger charge is 2.33. The molecule has 6 heteroatoms. The van der Waals surface area contributed by atoms with Crippen LogP contribution in [0.5, 0.6) is 5.88 Å². The number of rotatable bonds is 4. The molecule has 0 saturated heterocycles. The van der Waals surface area contributed by atoms with E-state index in [2.05, 4.69) is 28.6 Å². The highest BCUT2D eigenvalue weighted by Crippen LogP contribution is 2.29. The van der Waals surface area contributed by atoms with Gasteiger partial charge in [-0.2, -0.15) is 0 Å². The monoisotopic (exact) mass is 371 g/mol. The number of amides is 1. The first-order chi connectivity index (χ1) is 12.9. The van der Waals surface area contributed by atoms with Gasteiger partial charge in [-0.3, -0.25) is 4.79 Å². The molecule has 0 aromatic carbocycles. The third-order valence-electron chi connectivity index (χ3n) is 5.06. The third kappa shape index (κ3) is 4.79. The minimum atomic E-state index is -0.271. The third-order valence-corrected chi connectivity index (χ3v) is 5.06. The van der Waals surface area contributed by atoms with Gasteiger partial charge in [-0.25, -0.2) is 4.98 Å². The fourth-order valence-corrected chi connectivity index (χ4v) is 3.16. The number of aromatic nitrogens is 1. The molecule has 0 radical (unpaired) electrons. The van der Waals surface area contributed by atoms with Crippen molar-refractivity contribution in [1.29, 1.82) is 0 Å². The van der Waals surface area contributed by atoms with Crippen molar-refractivity contribution >= 4 is 5.91 Å². The number of aliphatic hydroxyl groups excluding tert-OH is 1. The van der Waals surface area contributed by atoms with E-state index in [0.717, 1.165) is 24.9 Å². The Hall–Kier alpha value is -2.10. The van der Waals surface area contributed by atoms with Crippen LogP contribution in [-0.4, -0.2) is 71.7 Å². The second-order valence-corrected chi connectivity index (χ2v) is 8.01. The van der Waals surface area contributed by atoms with Crippen LogP contribution in [0.3, 0.4) is 0 Å². The number of fused-ring (bicyclic) bond motifs is 1. The summed E-state index contributed by atoms with van der Waals surface area (Å²) in [5, 5.41) is 9.65. The Labute approximate surface area is 161 Å². The molecule has 2 heterocycles. The van der Waals surface area contributed by atoms with Crippen LogP contribution < -0.4 is 4.74 Å². The van der Waals surface area contributed by atoms with E-state index in [0.29, 0.717) is 23.9 Å². The van der Waals surface area contributed by atoms with Crippen LogP contribution in [0.4, 0.5) is 0 Å². The molecule has 1 aliphatic carbocycles. The summed E-state index contributed by atoms with van der Waals surface area (Å²) in [5.74, 6) is 7.11. The summed E-state index contributed by atoms with van der Waals surface area (Å²) in [6, 6.07) is 1.51. The number of hydrogen-bond donors (Lipinski definition) is 1. The van der Waals surface area contributed by atoms with Crippen LogP contribution in [-0.2, 0) is 0 Å². The van der Waals surface area contributed by atoms with Crippen LogP contribution in [0.1, 0.15) is 42.6 Å². The lowest BCUT2D eigenvalue weighted by Gasteiger charge is -2.37. The van der Waals surface area contributed by atoms with Crippen molar-refractivity contribution in [2.75, 3.05) is 33.8 Å². The number of pyridine rings is 1. The van der Waals surface area contributed by atoms with Crippen molar-refractivity contribution in [2.45, 2.75) is 38.8 Å². The summed E-state index contributed by atoms with van der Waals surface area (Å²) in [6.45, 7) is 5.09. The highest BCUT2D eigenvalue weighted by molar-refractivity contribution is 5.97. The van der Waals surface area contributed by atoms with Gasteiger partial charge in [0.25, 0.3) is 5.91 Å². The molecule has 1 aliphatic heterocycles. The van der Waals surface area contributed by atoms with Crippen LogP contribution in [0, 0.1) is 23.7 Å². The molecule has 1 N–H and O–H groups in total. The summed E-state index contributed by atoms with van der Waals surface area (Å²) in [6.07, 6.45) is 3.88. The van der Waals surface area contributed by atoms with Crippen LogP contribution in [0.25, 0.3) is 0 Å². The van der Waals surface area contributed by atoms with Gasteiger partial charge in [-0.15, -0.1) is 0 Å². The van der Waals surface area contributed by atoms with Crippen LogP contribution in [0.2, 0.25) is 0 Å². The van der Waals surface area contributed by atoms with Gasteiger partial charge in [0.1, 0.15) is 11.7 Å². The van der Waals surface area contributed by atoms with Gasteiger partial charge >= 0.3 is 0 Å². The smallest absolute Gasteiger partial charge is 0.259 e. The first kappa shape index (κ1) is 19.7. The molecule has 27 heavy (non-hydrogen) atoms. The normalized spacial score (nSPS) is 23.6. The van der Waals surface area contributed by atoms with Crippen molar-refractivity contribution in [2.24, 2.45) is 11.8 Å². The number of likely N-dealkylation sites (N-methyl/N-ethyl adjacent to an activating group) is 1. The zero-order valence-corrected chi connectivity index (χ0v) is 16.6. The molecule has 146 valence electrons. The molecule has 1 fully saturated rings. The average molecular weight is 371 g/mol. The molecular weight excluding hydrogens is 342 g/mol. The van der Waals surface area contributed by atoms with Crippen molar-refractivity contribution < 1.29 is 14.6 Å². The van der Waals surface area contributed by atoms with E-state index in [9.17, 15) is 9.90 Å². The van der Waals surface area contributed by atoms with Crippen molar-refractivity contribution in [3.8, 4) is 17.7 Å². The van der Waals surface area contributed by atoms with Gasteiger partial charge < -0.3 is 19.6 Å². The second kappa shape index (κ2) is 8.28. The summed E-state index contributed by atoms with van der Waals surface area (Å²) >= 11 is 0. The second-order valence-electron chi connectivity index (χ2n) is 8.01. The van der Waals surface area contributed by atoms with E-state index in [1.165, 1.54) is 0 Å². The lowest BCUT2D eigenvalue weighted by Crippen LogP contribution is -2.49. The fraction of sp³-hybridized carbons (Fsp3) is 0.619. The first-order valence-electron chi connectivity index (χ1n) is 9.63. The Kier molecular flexibility index (Phi) is 6.03. The van der Waals surface area contributed by atoms with E-state index in [-0.39, 0.29) is 30.6 Å². The summed E-state index contributed by atoms with van der Waals surface area (Å²) in [4.78, 5) is 21.4. The molecule has 1 saturated carbocycles. The number of nitrogens with zero attached hydrogens (tertiary/aromatic N) is 3. The Morgan fingerprint density at radius 2 is 2.19 bits per heavy atom. The number of ether oxygens (including phenoxy) is 1. The molecule has 3 rings (SSSR count). The number of carbonyl (C=O) groups excluding carboxylic acids is 1. The number of hydrogen-bond acceptors (Lipinski definition) is 5. The number of aliphatic hydroxyl groups is 1. The van der Waals surface area contributed by atoms with Crippen molar-refractivity contribution in [3.05, 3.63) is 23.4 Å². The molecular formula is C21H29N3O3. The predicted octanol–water partition coefficient (Wildman–Crippen LogP) is 1.62. The van der Waals surface area contributed by atoms with Crippen LogP contribution >= 0.6 is 0 Å². The Morgan fingerprint density at radius 3 is 2.81 bits per heavy atom. The first-order valence-corrected chi connectivity index (χ1v) is 9.63. The Bertz CT molecular complexity index is 749. The lowest BCUT2D eigenvalue weighted by atomic mass is 10.00. The minimum Gasteiger partial charge on any atom is -0.472 e. The molecule has 1 amide bonds. The van der Waals surface area contributed by atoms with E-state index in [4.69, 9.17) is 4.74 Å². The van der Waals surface area contributed by atoms with Gasteiger partial charge in [0.05, 0.1) is 12.6 Å². The number of carbonyl (C=O) groups is 1. The molecule has 1 aromatic rings. The molecule has 6 nitrogen and oxygen atoms in total. The summed E-state index contributed by atoms with van der Waals surface area (Å²) in [5.41, 5.74) is 1.15. The molecule has 0 bridgehead atoms. The zero-order chi connectivity index (χ0) is 19.6.